The maximum Gasteiger partial charge on any atom is 0.416 e. The molecule has 1 unspecified atom stereocenters. The fourth-order valence-corrected chi connectivity index (χ4v) is 5.43. The van der Waals surface area contributed by atoms with Crippen LogP contribution < -0.4 is 9.62 Å². The molecule has 28 heavy (non-hydrogen) atoms. The van der Waals surface area contributed by atoms with Crippen LogP contribution in [0.1, 0.15) is 25.0 Å². The number of hydrogen-bond acceptors (Lipinski definition) is 3. The minimum atomic E-state index is -4.59. The lowest BCUT2D eigenvalue weighted by Gasteiger charge is -2.21. The Morgan fingerprint density at radius 1 is 1.25 bits per heavy atom. The van der Waals surface area contributed by atoms with Gasteiger partial charge in [-0.1, -0.05) is 6.07 Å². The highest BCUT2D eigenvalue weighted by molar-refractivity contribution is 9.10. The molecule has 1 atom stereocenters. The first-order valence-electron chi connectivity index (χ1n) is 8.22. The Bertz CT molecular complexity index is 1050. The minimum Gasteiger partial charge on any atom is -0.309 e. The molecule has 0 radical (unpaired) electrons. The van der Waals surface area contributed by atoms with E-state index in [0.717, 1.165) is 23.8 Å². The molecule has 0 spiro atoms. The Kier molecular flexibility index (Phi) is 5.22. The fraction of sp³-hybridized carbons (Fsp3) is 0.278. The molecular formula is C18H16BrF3N2O3S. The van der Waals surface area contributed by atoms with Gasteiger partial charge in [-0.05, 0) is 65.2 Å². The van der Waals surface area contributed by atoms with E-state index in [4.69, 9.17) is 0 Å². The van der Waals surface area contributed by atoms with Crippen molar-refractivity contribution in [3.63, 3.8) is 0 Å². The molecule has 1 heterocycles. The van der Waals surface area contributed by atoms with E-state index in [-0.39, 0.29) is 27.0 Å². The molecule has 10 heteroatoms. The Hall–Kier alpha value is -2.07. The number of amides is 1. The van der Waals surface area contributed by atoms with E-state index < -0.39 is 21.8 Å². The number of benzene rings is 2. The van der Waals surface area contributed by atoms with Crippen LogP contribution in [0.2, 0.25) is 0 Å². The molecular weight excluding hydrogens is 461 g/mol. The van der Waals surface area contributed by atoms with Gasteiger partial charge in [-0.3, -0.25) is 9.52 Å². The molecule has 5 nitrogen and oxygen atoms in total. The third kappa shape index (κ3) is 3.88. The lowest BCUT2D eigenvalue weighted by atomic mass is 10.1. The van der Waals surface area contributed by atoms with Gasteiger partial charge in [-0.15, -0.1) is 0 Å². The monoisotopic (exact) mass is 476 g/mol. The molecule has 0 fully saturated rings. The first-order chi connectivity index (χ1) is 12.9. The number of carbonyl (C=O) groups excluding carboxylic acids is 1. The van der Waals surface area contributed by atoms with Gasteiger partial charge < -0.3 is 4.90 Å². The van der Waals surface area contributed by atoms with Gasteiger partial charge in [0.1, 0.15) is 4.90 Å². The van der Waals surface area contributed by atoms with E-state index in [1.807, 2.05) is 6.92 Å². The van der Waals surface area contributed by atoms with Gasteiger partial charge in [0.15, 0.2) is 0 Å². The topological polar surface area (TPSA) is 66.5 Å². The molecule has 1 aliphatic heterocycles. The summed E-state index contributed by atoms with van der Waals surface area (Å²) in [6.07, 6.45) is -4.01. The van der Waals surface area contributed by atoms with Crippen LogP contribution in [0, 0.1) is 0 Å². The van der Waals surface area contributed by atoms with Crippen molar-refractivity contribution < 1.29 is 26.4 Å². The fourth-order valence-electron chi connectivity index (χ4n) is 3.27. The molecule has 2 aromatic carbocycles. The maximum absolute atomic E-state index is 12.9. The zero-order chi connectivity index (χ0) is 20.9. The Morgan fingerprint density at radius 2 is 1.93 bits per heavy atom. The standard InChI is InChI=1S/C18H16BrF3N2O3S/c1-10-6-12-7-15(19)17(9-16(12)24(10)11(2)25)28(26,27)23-14-5-3-4-13(8-14)18(20,21)22/h3-5,7-10,23H,6H2,1-2H3. The molecule has 1 N–H and O–H groups in total. The van der Waals surface area contributed by atoms with Gasteiger partial charge in [0.25, 0.3) is 10.0 Å². The van der Waals surface area contributed by atoms with Crippen LogP contribution in [0.25, 0.3) is 0 Å². The summed E-state index contributed by atoms with van der Waals surface area (Å²) in [5.41, 5.74) is 0.122. The summed E-state index contributed by atoms with van der Waals surface area (Å²) in [6, 6.07) is 6.80. The van der Waals surface area contributed by atoms with Gasteiger partial charge in [-0.2, -0.15) is 13.2 Å². The van der Waals surface area contributed by atoms with Crippen molar-refractivity contribution >= 4 is 43.2 Å². The van der Waals surface area contributed by atoms with Gasteiger partial charge in [0.2, 0.25) is 5.91 Å². The second kappa shape index (κ2) is 7.07. The summed E-state index contributed by atoms with van der Waals surface area (Å²) in [5, 5.41) is 0. The van der Waals surface area contributed by atoms with Crippen molar-refractivity contribution in [3.05, 3.63) is 52.0 Å². The van der Waals surface area contributed by atoms with Crippen molar-refractivity contribution in [1.29, 1.82) is 0 Å². The molecule has 0 aliphatic carbocycles. The predicted molar refractivity (Wildman–Crippen MR) is 103 cm³/mol. The molecule has 0 saturated carbocycles. The van der Waals surface area contributed by atoms with E-state index in [2.05, 4.69) is 20.7 Å². The van der Waals surface area contributed by atoms with E-state index >= 15 is 0 Å². The number of rotatable bonds is 3. The molecule has 1 amide bonds. The lowest BCUT2D eigenvalue weighted by molar-refractivity contribution is -0.137. The molecule has 150 valence electrons. The Morgan fingerprint density at radius 3 is 2.54 bits per heavy atom. The highest BCUT2D eigenvalue weighted by Crippen LogP contribution is 2.38. The number of halogens is 4. The van der Waals surface area contributed by atoms with Crippen LogP contribution in [0.15, 0.2) is 45.8 Å². The van der Waals surface area contributed by atoms with Crippen molar-refractivity contribution in [2.75, 3.05) is 9.62 Å². The highest BCUT2D eigenvalue weighted by atomic mass is 79.9. The average Bonchev–Trinajstić information content (AvgIpc) is 2.87. The van der Waals surface area contributed by atoms with Crippen molar-refractivity contribution in [1.82, 2.24) is 0 Å². The van der Waals surface area contributed by atoms with Crippen LogP contribution in [0.3, 0.4) is 0 Å². The number of alkyl halides is 3. The summed E-state index contributed by atoms with van der Waals surface area (Å²) in [4.78, 5) is 13.3. The van der Waals surface area contributed by atoms with E-state index in [0.29, 0.717) is 12.1 Å². The summed E-state index contributed by atoms with van der Waals surface area (Å²) in [5.74, 6) is -0.220. The van der Waals surface area contributed by atoms with Crippen LogP contribution in [-0.2, 0) is 27.4 Å². The largest absolute Gasteiger partial charge is 0.416 e. The highest BCUT2D eigenvalue weighted by Gasteiger charge is 2.33. The van der Waals surface area contributed by atoms with Crippen LogP contribution in [-0.4, -0.2) is 20.4 Å². The quantitative estimate of drug-likeness (QED) is 0.705. The Labute approximate surface area is 168 Å². The van der Waals surface area contributed by atoms with Crippen molar-refractivity contribution in [2.45, 2.75) is 37.4 Å². The molecule has 1 aliphatic rings. The van der Waals surface area contributed by atoms with Crippen LogP contribution in [0.4, 0.5) is 24.5 Å². The Balaban J connectivity index is 2.01. The molecule has 2 aromatic rings. The summed E-state index contributed by atoms with van der Waals surface area (Å²) < 4.78 is 66.7. The maximum atomic E-state index is 12.9. The van der Waals surface area contributed by atoms with Crippen molar-refractivity contribution in [3.8, 4) is 0 Å². The smallest absolute Gasteiger partial charge is 0.309 e. The number of nitrogens with zero attached hydrogens (tertiary/aromatic N) is 1. The van der Waals surface area contributed by atoms with Gasteiger partial charge >= 0.3 is 6.18 Å². The van der Waals surface area contributed by atoms with E-state index in [9.17, 15) is 26.4 Å². The first kappa shape index (κ1) is 20.7. The lowest BCUT2D eigenvalue weighted by Crippen LogP contribution is -2.33. The third-order valence-electron chi connectivity index (χ3n) is 4.42. The first-order valence-corrected chi connectivity index (χ1v) is 10.5. The van der Waals surface area contributed by atoms with Crippen molar-refractivity contribution in [2.24, 2.45) is 0 Å². The molecule has 3 rings (SSSR count). The van der Waals surface area contributed by atoms with Gasteiger partial charge in [0.05, 0.1) is 5.56 Å². The number of nitrogens with one attached hydrogen (secondary N) is 1. The second-order valence-electron chi connectivity index (χ2n) is 6.54. The summed E-state index contributed by atoms with van der Waals surface area (Å²) >= 11 is 3.22. The van der Waals surface area contributed by atoms with E-state index in [1.165, 1.54) is 24.0 Å². The molecule has 0 aromatic heterocycles. The predicted octanol–water partition coefficient (Wildman–Crippen LogP) is 4.57. The number of carbonyl (C=O) groups is 1. The SMILES string of the molecule is CC(=O)N1c2cc(S(=O)(=O)Nc3cccc(C(F)(F)F)c3)c(Br)cc2CC1C. The number of anilines is 2. The third-order valence-corrected chi connectivity index (χ3v) is 6.76. The van der Waals surface area contributed by atoms with Gasteiger partial charge in [-0.25, -0.2) is 8.42 Å². The molecule has 0 bridgehead atoms. The second-order valence-corrected chi connectivity index (χ2v) is 9.04. The zero-order valence-corrected chi connectivity index (χ0v) is 17.2. The minimum absolute atomic E-state index is 0.117. The van der Waals surface area contributed by atoms with Crippen LogP contribution in [0.5, 0.6) is 0 Å². The van der Waals surface area contributed by atoms with Crippen LogP contribution >= 0.6 is 15.9 Å². The van der Waals surface area contributed by atoms with E-state index in [1.54, 1.807) is 6.07 Å². The average molecular weight is 477 g/mol. The molecule has 0 saturated heterocycles. The van der Waals surface area contributed by atoms with Gasteiger partial charge in [0, 0.05) is 28.8 Å². The zero-order valence-electron chi connectivity index (χ0n) is 14.8. The number of fused-ring (bicyclic) bond motifs is 1. The summed E-state index contributed by atoms with van der Waals surface area (Å²) in [7, 11) is -4.20. The number of sulfonamides is 1. The normalized spacial score (nSPS) is 16.8. The number of hydrogen-bond donors (Lipinski definition) is 1. The summed E-state index contributed by atoms with van der Waals surface area (Å²) in [6.45, 7) is 3.24.